The fraction of sp³-hybridized carbons (Fsp3) is 1.00. The number of nitrogens with zero attached hydrogens (tertiary/aromatic N) is 1. The van der Waals surface area contributed by atoms with Crippen LogP contribution in [0.1, 0.15) is 39.0 Å². The zero-order valence-electron chi connectivity index (χ0n) is 8.96. The molecule has 0 saturated carbocycles. The lowest BCUT2D eigenvalue weighted by molar-refractivity contribution is -0.372. The van der Waals surface area contributed by atoms with Gasteiger partial charge in [0, 0.05) is 6.54 Å². The van der Waals surface area contributed by atoms with Gasteiger partial charge in [-0.05, 0) is 6.42 Å². The first-order chi connectivity index (χ1) is 7.19. The van der Waals surface area contributed by atoms with E-state index in [0.29, 0.717) is 12.8 Å². The highest BCUT2D eigenvalue weighted by Gasteiger charge is 2.53. The normalized spacial score (nSPS) is 13.5. The van der Waals surface area contributed by atoms with Gasteiger partial charge in [-0.15, -0.1) is 4.90 Å². The molecule has 0 aromatic carbocycles. The fourth-order valence-electron chi connectivity index (χ4n) is 1.27. The van der Waals surface area contributed by atoms with Crippen LogP contribution in [0.2, 0.25) is 0 Å². The zero-order valence-corrected chi connectivity index (χ0v) is 8.96. The zero-order chi connectivity index (χ0) is 12.8. The summed E-state index contributed by atoms with van der Waals surface area (Å²) in [6.45, 7) is 0.897. The van der Waals surface area contributed by atoms with Gasteiger partial charge in [-0.2, -0.15) is 26.3 Å². The molecular formula is C9H15F6N. The molecule has 0 heterocycles. The molecule has 7 heteroatoms. The average Bonchev–Trinajstić information content (AvgIpc) is 2.06. The highest BCUT2D eigenvalue weighted by Crippen LogP contribution is 2.33. The summed E-state index contributed by atoms with van der Waals surface area (Å²) >= 11 is 0. The summed E-state index contributed by atoms with van der Waals surface area (Å²) in [5.41, 5.74) is 0. The summed E-state index contributed by atoms with van der Waals surface area (Å²) in [4.78, 5) is -1.37. The van der Waals surface area contributed by atoms with Crippen molar-refractivity contribution in [3.8, 4) is 0 Å². The van der Waals surface area contributed by atoms with Crippen LogP contribution in [0, 0.1) is 0 Å². The molecule has 0 bridgehead atoms. The minimum atomic E-state index is -5.34. The Labute approximate surface area is 90.4 Å². The molecule has 0 saturated heterocycles. The smallest absolute Gasteiger partial charge is 0.155 e. The SMILES string of the molecule is CCCCCCCN(C(F)(F)F)C(F)(F)F. The van der Waals surface area contributed by atoms with E-state index in [-0.39, 0.29) is 6.42 Å². The van der Waals surface area contributed by atoms with Gasteiger partial charge in [0.25, 0.3) is 0 Å². The third kappa shape index (κ3) is 6.19. The molecule has 0 rings (SSSR count). The van der Waals surface area contributed by atoms with Gasteiger partial charge in [0.2, 0.25) is 0 Å². The molecule has 1 nitrogen and oxygen atoms in total. The lowest BCUT2D eigenvalue weighted by Gasteiger charge is -2.26. The van der Waals surface area contributed by atoms with Gasteiger partial charge in [0.05, 0.1) is 0 Å². The van der Waals surface area contributed by atoms with E-state index in [1.54, 1.807) is 0 Å². The standard InChI is InChI=1S/C9H15F6N/c1-2-3-4-5-6-7-16(8(10,11)12)9(13,14)15/h2-7H2,1H3. The molecule has 0 radical (unpaired) electrons. The highest BCUT2D eigenvalue weighted by atomic mass is 19.4. The molecule has 0 atom stereocenters. The Hall–Kier alpha value is -0.460. The van der Waals surface area contributed by atoms with Crippen LogP contribution in [0.3, 0.4) is 0 Å². The van der Waals surface area contributed by atoms with Crippen LogP contribution in [0.15, 0.2) is 0 Å². The first kappa shape index (κ1) is 15.5. The van der Waals surface area contributed by atoms with E-state index in [9.17, 15) is 26.3 Å². The Kier molecular flexibility index (Phi) is 6.14. The lowest BCUT2D eigenvalue weighted by atomic mass is 10.1. The molecule has 98 valence electrons. The number of halogens is 6. The van der Waals surface area contributed by atoms with Crippen molar-refractivity contribution in [1.29, 1.82) is 0 Å². The molecule has 0 aliphatic carbocycles. The summed E-state index contributed by atoms with van der Waals surface area (Å²) in [6.07, 6.45) is -8.01. The van der Waals surface area contributed by atoms with Crippen LogP contribution in [0.25, 0.3) is 0 Å². The Morgan fingerprint density at radius 2 is 1.19 bits per heavy atom. The van der Waals surface area contributed by atoms with Crippen LogP contribution in [0.4, 0.5) is 26.3 Å². The maximum absolute atomic E-state index is 12.0. The van der Waals surface area contributed by atoms with Gasteiger partial charge in [0.1, 0.15) is 0 Å². The number of unbranched alkanes of at least 4 members (excludes halogenated alkanes) is 4. The largest absolute Gasteiger partial charge is 0.467 e. The second-order valence-electron chi connectivity index (χ2n) is 3.50. The Balaban J connectivity index is 4.06. The van der Waals surface area contributed by atoms with Crippen molar-refractivity contribution in [2.75, 3.05) is 6.54 Å². The van der Waals surface area contributed by atoms with E-state index in [0.717, 1.165) is 12.8 Å². The molecule has 0 fully saturated rings. The summed E-state index contributed by atoms with van der Waals surface area (Å²) in [6, 6.07) is 0. The maximum atomic E-state index is 12.0. The van der Waals surface area contributed by atoms with E-state index >= 15 is 0 Å². The van der Waals surface area contributed by atoms with E-state index < -0.39 is 24.0 Å². The second kappa shape index (κ2) is 6.32. The van der Waals surface area contributed by atoms with E-state index in [1.165, 1.54) is 0 Å². The van der Waals surface area contributed by atoms with Gasteiger partial charge in [-0.3, -0.25) is 0 Å². The third-order valence-electron chi connectivity index (χ3n) is 2.10. The topological polar surface area (TPSA) is 3.24 Å². The molecule has 0 aliphatic heterocycles. The first-order valence-corrected chi connectivity index (χ1v) is 5.10. The highest BCUT2D eigenvalue weighted by molar-refractivity contribution is 4.63. The van der Waals surface area contributed by atoms with Crippen LogP contribution < -0.4 is 0 Å². The quantitative estimate of drug-likeness (QED) is 0.386. The van der Waals surface area contributed by atoms with Crippen molar-refractivity contribution < 1.29 is 26.3 Å². The van der Waals surface area contributed by atoms with Gasteiger partial charge < -0.3 is 0 Å². The van der Waals surface area contributed by atoms with E-state index in [4.69, 9.17) is 0 Å². The molecule has 0 amide bonds. The maximum Gasteiger partial charge on any atom is 0.467 e. The predicted molar refractivity (Wildman–Crippen MR) is 47.6 cm³/mol. The second-order valence-corrected chi connectivity index (χ2v) is 3.50. The van der Waals surface area contributed by atoms with Crippen molar-refractivity contribution >= 4 is 0 Å². The summed E-state index contributed by atoms with van der Waals surface area (Å²) in [7, 11) is 0. The first-order valence-electron chi connectivity index (χ1n) is 5.10. The van der Waals surface area contributed by atoms with Crippen molar-refractivity contribution in [2.24, 2.45) is 0 Å². The Bertz CT molecular complexity index is 171. The molecule has 0 unspecified atom stereocenters. The molecular weight excluding hydrogens is 236 g/mol. The summed E-state index contributed by atoms with van der Waals surface area (Å²) < 4.78 is 72.0. The number of rotatable bonds is 6. The van der Waals surface area contributed by atoms with Crippen molar-refractivity contribution in [3.63, 3.8) is 0 Å². The van der Waals surface area contributed by atoms with Gasteiger partial charge in [0.15, 0.2) is 0 Å². The Morgan fingerprint density at radius 1 is 0.750 bits per heavy atom. The van der Waals surface area contributed by atoms with Crippen LogP contribution >= 0.6 is 0 Å². The molecule has 0 N–H and O–H groups in total. The van der Waals surface area contributed by atoms with Crippen LogP contribution in [-0.2, 0) is 0 Å². The number of hydrogen-bond donors (Lipinski definition) is 0. The predicted octanol–water partition coefficient (Wildman–Crippen LogP) is 4.30. The van der Waals surface area contributed by atoms with Crippen LogP contribution in [-0.4, -0.2) is 24.0 Å². The molecule has 16 heavy (non-hydrogen) atoms. The number of hydrogen-bond acceptors (Lipinski definition) is 1. The van der Waals surface area contributed by atoms with Crippen molar-refractivity contribution in [1.82, 2.24) is 4.90 Å². The van der Waals surface area contributed by atoms with E-state index in [2.05, 4.69) is 0 Å². The summed E-state index contributed by atoms with van der Waals surface area (Å²) in [5, 5.41) is 0. The minimum Gasteiger partial charge on any atom is -0.155 e. The van der Waals surface area contributed by atoms with Gasteiger partial charge in [-0.1, -0.05) is 32.6 Å². The van der Waals surface area contributed by atoms with E-state index in [1.807, 2.05) is 6.92 Å². The minimum absolute atomic E-state index is 0.0982. The lowest BCUT2D eigenvalue weighted by Crippen LogP contribution is -2.48. The van der Waals surface area contributed by atoms with Crippen molar-refractivity contribution in [3.05, 3.63) is 0 Å². The Morgan fingerprint density at radius 3 is 1.56 bits per heavy atom. The fourth-order valence-corrected chi connectivity index (χ4v) is 1.27. The molecule has 0 aliphatic rings. The average molecular weight is 251 g/mol. The monoisotopic (exact) mass is 251 g/mol. The van der Waals surface area contributed by atoms with Crippen LogP contribution in [0.5, 0.6) is 0 Å². The third-order valence-corrected chi connectivity index (χ3v) is 2.10. The van der Waals surface area contributed by atoms with Crippen molar-refractivity contribution in [2.45, 2.75) is 51.6 Å². The summed E-state index contributed by atoms with van der Waals surface area (Å²) in [5.74, 6) is 0. The molecule has 0 spiro atoms. The number of alkyl halides is 6. The van der Waals surface area contributed by atoms with Gasteiger partial charge >= 0.3 is 12.6 Å². The molecule has 0 aromatic rings. The van der Waals surface area contributed by atoms with Gasteiger partial charge in [-0.25, -0.2) is 0 Å². The molecule has 0 aromatic heterocycles.